The monoisotopic (exact) mass is 292 g/mol. The second kappa shape index (κ2) is 5.85. The molecule has 0 aromatic carbocycles. The summed E-state index contributed by atoms with van der Waals surface area (Å²) in [5, 5.41) is 5.96. The highest BCUT2D eigenvalue weighted by molar-refractivity contribution is 5.42. The highest BCUT2D eigenvalue weighted by Crippen LogP contribution is 2.10. The van der Waals surface area contributed by atoms with Gasteiger partial charge in [-0.1, -0.05) is 6.92 Å². The van der Waals surface area contributed by atoms with E-state index in [0.29, 0.717) is 6.42 Å². The summed E-state index contributed by atoms with van der Waals surface area (Å²) in [4.78, 5) is 23.0. The van der Waals surface area contributed by atoms with Crippen LogP contribution in [0.1, 0.15) is 13.3 Å². The third-order valence-electron chi connectivity index (χ3n) is 2.35. The van der Waals surface area contributed by atoms with Gasteiger partial charge in [0.05, 0.1) is 0 Å². The van der Waals surface area contributed by atoms with Crippen molar-refractivity contribution in [2.45, 2.75) is 19.5 Å². The predicted molar refractivity (Wildman–Crippen MR) is 78.6 cm³/mol. The molecule has 10 N–H and O–H groups in total. The Morgan fingerprint density at radius 1 is 0.714 bits per heavy atom. The normalized spacial score (nSPS) is 10.6. The summed E-state index contributed by atoms with van der Waals surface area (Å²) in [5.74, 6) is 0.549. The molecule has 0 bridgehead atoms. The van der Waals surface area contributed by atoms with Crippen molar-refractivity contribution in [2.75, 3.05) is 33.6 Å². The molecule has 0 fully saturated rings. The third-order valence-corrected chi connectivity index (χ3v) is 2.35. The van der Waals surface area contributed by atoms with E-state index >= 15 is 0 Å². The van der Waals surface area contributed by atoms with Crippen LogP contribution in [0.5, 0.6) is 0 Å². The smallest absolute Gasteiger partial charge is 0.230 e. The van der Waals surface area contributed by atoms with E-state index in [1.807, 2.05) is 6.92 Å². The van der Waals surface area contributed by atoms with Crippen LogP contribution in [0.25, 0.3) is 0 Å². The summed E-state index contributed by atoms with van der Waals surface area (Å²) in [6, 6.07) is 0. The molecule has 0 atom stereocenters. The highest BCUT2D eigenvalue weighted by Gasteiger charge is 2.11. The Morgan fingerprint density at radius 2 is 1.05 bits per heavy atom. The maximum atomic E-state index is 5.50. The van der Waals surface area contributed by atoms with Gasteiger partial charge in [0.2, 0.25) is 35.7 Å². The standard InChI is InChI=1S/C9H16N12/c1-2-3(14-8-18-4(10)16-5(11)19-8)15-9-20-6(12)17-7(13)21-9/h3H,2H2,1H3,(H5,10,11,14,16,18,19)(H5,12,13,15,17,20,21). The summed E-state index contributed by atoms with van der Waals surface area (Å²) in [7, 11) is 0. The molecule has 0 aliphatic carbocycles. The molecule has 0 radical (unpaired) electrons. The number of nitrogens with two attached hydrogens (primary N) is 4. The van der Waals surface area contributed by atoms with E-state index in [2.05, 4.69) is 40.5 Å². The molecule has 21 heavy (non-hydrogen) atoms. The Hall–Kier alpha value is -3.18. The fraction of sp³-hybridized carbons (Fsp3) is 0.333. The molecule has 0 saturated carbocycles. The van der Waals surface area contributed by atoms with Crippen molar-refractivity contribution in [2.24, 2.45) is 0 Å². The molecule has 0 aliphatic heterocycles. The molecule has 2 aromatic rings. The summed E-state index contributed by atoms with van der Waals surface area (Å²) in [6.45, 7) is 1.92. The van der Waals surface area contributed by atoms with Crippen molar-refractivity contribution in [3.8, 4) is 0 Å². The van der Waals surface area contributed by atoms with Gasteiger partial charge in [0.15, 0.2) is 0 Å². The fourth-order valence-electron chi connectivity index (χ4n) is 1.50. The fourth-order valence-corrected chi connectivity index (χ4v) is 1.50. The van der Waals surface area contributed by atoms with E-state index in [9.17, 15) is 0 Å². The number of hydrogen-bond acceptors (Lipinski definition) is 12. The maximum absolute atomic E-state index is 5.50. The van der Waals surface area contributed by atoms with E-state index in [4.69, 9.17) is 22.9 Å². The van der Waals surface area contributed by atoms with Crippen molar-refractivity contribution < 1.29 is 0 Å². The molecule has 0 amide bonds. The second-order valence-corrected chi connectivity index (χ2v) is 4.00. The molecule has 0 aliphatic rings. The zero-order chi connectivity index (χ0) is 15.4. The predicted octanol–water partition coefficient (Wildman–Crippen LogP) is -1.35. The maximum Gasteiger partial charge on any atom is 0.230 e. The minimum atomic E-state index is -0.299. The van der Waals surface area contributed by atoms with Crippen LogP contribution >= 0.6 is 0 Å². The van der Waals surface area contributed by atoms with Crippen LogP contribution in [0.15, 0.2) is 0 Å². The van der Waals surface area contributed by atoms with Crippen molar-refractivity contribution in [3.05, 3.63) is 0 Å². The van der Waals surface area contributed by atoms with E-state index in [1.54, 1.807) is 0 Å². The molecular weight excluding hydrogens is 276 g/mol. The van der Waals surface area contributed by atoms with Crippen LogP contribution in [0.2, 0.25) is 0 Å². The van der Waals surface area contributed by atoms with Gasteiger partial charge in [-0.25, -0.2) is 0 Å². The second-order valence-electron chi connectivity index (χ2n) is 4.00. The minimum absolute atomic E-state index is 0.0218. The van der Waals surface area contributed by atoms with Gasteiger partial charge >= 0.3 is 0 Å². The molecule has 2 aromatic heterocycles. The largest absolute Gasteiger partial charge is 0.368 e. The number of nitrogen functional groups attached to an aromatic ring is 4. The van der Waals surface area contributed by atoms with Crippen molar-refractivity contribution in [1.29, 1.82) is 0 Å². The lowest BCUT2D eigenvalue weighted by atomic mass is 10.4. The summed E-state index contributed by atoms with van der Waals surface area (Å²) in [5.41, 5.74) is 22.0. The molecule has 112 valence electrons. The van der Waals surface area contributed by atoms with Gasteiger partial charge in [-0.15, -0.1) is 0 Å². The third kappa shape index (κ3) is 3.89. The quantitative estimate of drug-likeness (QED) is 0.353. The lowest BCUT2D eigenvalue weighted by Crippen LogP contribution is -2.30. The Kier molecular flexibility index (Phi) is 3.97. The Labute approximate surface area is 119 Å². The van der Waals surface area contributed by atoms with Crippen LogP contribution in [-0.2, 0) is 0 Å². The summed E-state index contributed by atoms with van der Waals surface area (Å²) >= 11 is 0. The van der Waals surface area contributed by atoms with Crippen LogP contribution in [0.3, 0.4) is 0 Å². The number of hydrogen-bond donors (Lipinski definition) is 6. The van der Waals surface area contributed by atoms with Crippen molar-refractivity contribution in [1.82, 2.24) is 29.9 Å². The van der Waals surface area contributed by atoms with Crippen molar-refractivity contribution in [3.63, 3.8) is 0 Å². The van der Waals surface area contributed by atoms with Crippen LogP contribution < -0.4 is 33.6 Å². The zero-order valence-corrected chi connectivity index (χ0v) is 11.3. The molecule has 0 spiro atoms. The highest BCUT2D eigenvalue weighted by atomic mass is 15.3. The van der Waals surface area contributed by atoms with Gasteiger partial charge < -0.3 is 33.6 Å². The number of anilines is 6. The first kappa shape index (κ1) is 14.2. The summed E-state index contributed by atoms with van der Waals surface area (Å²) < 4.78 is 0. The van der Waals surface area contributed by atoms with Crippen LogP contribution in [-0.4, -0.2) is 36.1 Å². The molecule has 0 saturated heterocycles. The molecule has 0 unspecified atom stereocenters. The Balaban J connectivity index is 2.12. The first-order chi connectivity index (χ1) is 9.96. The van der Waals surface area contributed by atoms with E-state index < -0.39 is 0 Å². The summed E-state index contributed by atoms with van der Waals surface area (Å²) in [6.07, 6.45) is 0.351. The molecule has 2 heterocycles. The number of nitrogens with one attached hydrogen (secondary N) is 2. The van der Waals surface area contributed by atoms with Gasteiger partial charge in [0.25, 0.3) is 0 Å². The van der Waals surface area contributed by atoms with E-state index in [0.717, 1.165) is 0 Å². The zero-order valence-electron chi connectivity index (χ0n) is 11.3. The Morgan fingerprint density at radius 3 is 1.33 bits per heavy atom. The topological polar surface area (TPSA) is 205 Å². The molecule has 12 nitrogen and oxygen atoms in total. The van der Waals surface area contributed by atoms with E-state index in [-0.39, 0.29) is 41.9 Å². The van der Waals surface area contributed by atoms with E-state index in [1.165, 1.54) is 0 Å². The van der Waals surface area contributed by atoms with Gasteiger partial charge in [-0.3, -0.25) is 0 Å². The first-order valence-electron chi connectivity index (χ1n) is 6.03. The lowest BCUT2D eigenvalue weighted by Gasteiger charge is -2.18. The molecule has 12 heteroatoms. The minimum Gasteiger partial charge on any atom is -0.368 e. The van der Waals surface area contributed by atoms with Crippen molar-refractivity contribution >= 4 is 35.7 Å². The Bertz CT molecular complexity index is 534. The SMILES string of the molecule is CCC(Nc1nc(N)nc(N)n1)Nc1nc(N)nc(N)n1. The van der Waals surface area contributed by atoms with Gasteiger partial charge in [-0.2, -0.15) is 29.9 Å². The van der Waals surface area contributed by atoms with Crippen LogP contribution in [0, 0.1) is 0 Å². The van der Waals surface area contributed by atoms with Crippen LogP contribution in [0.4, 0.5) is 35.7 Å². The number of aromatic nitrogens is 6. The molecular formula is C9H16N12. The number of nitrogens with zero attached hydrogens (tertiary/aromatic N) is 6. The average molecular weight is 292 g/mol. The average Bonchev–Trinajstić information content (AvgIpc) is 2.35. The molecule has 2 rings (SSSR count). The van der Waals surface area contributed by atoms with Gasteiger partial charge in [-0.05, 0) is 6.42 Å². The lowest BCUT2D eigenvalue weighted by molar-refractivity contribution is 0.754. The first-order valence-corrected chi connectivity index (χ1v) is 6.03. The number of rotatable bonds is 5. The van der Waals surface area contributed by atoms with Gasteiger partial charge in [0, 0.05) is 0 Å². The van der Waals surface area contributed by atoms with Gasteiger partial charge in [0.1, 0.15) is 6.17 Å².